The van der Waals surface area contributed by atoms with Crippen LogP contribution in [0.5, 0.6) is 5.75 Å². The molecule has 0 spiro atoms. The fraction of sp³-hybridized carbons (Fsp3) is 0.240. The van der Waals surface area contributed by atoms with E-state index in [9.17, 15) is 9.59 Å². The van der Waals surface area contributed by atoms with E-state index < -0.39 is 5.91 Å². The van der Waals surface area contributed by atoms with Crippen LogP contribution in [-0.4, -0.2) is 64.1 Å². The largest absolute Gasteiger partial charge is 0.487 e. The third kappa shape index (κ3) is 5.35. The van der Waals surface area contributed by atoms with Crippen LogP contribution in [0, 0.1) is 5.41 Å². The molecule has 5 rings (SSSR count). The molecule has 0 bridgehead atoms. The number of benzene rings is 2. The van der Waals surface area contributed by atoms with Gasteiger partial charge in [0.2, 0.25) is 11.1 Å². The average molecular weight is 524 g/mol. The second-order valence-electron chi connectivity index (χ2n) is 8.15. The van der Waals surface area contributed by atoms with Gasteiger partial charge in [-0.05, 0) is 41.1 Å². The maximum Gasteiger partial charge on any atom is 0.283 e. The van der Waals surface area contributed by atoms with E-state index in [0.29, 0.717) is 54.3 Å². The van der Waals surface area contributed by atoms with Crippen molar-refractivity contribution < 1.29 is 19.1 Å². The van der Waals surface area contributed by atoms with Gasteiger partial charge in [-0.1, -0.05) is 48.0 Å². The van der Waals surface area contributed by atoms with Crippen LogP contribution >= 0.6 is 23.4 Å². The number of rotatable bonds is 6. The van der Waals surface area contributed by atoms with Gasteiger partial charge < -0.3 is 14.4 Å². The first-order valence-corrected chi connectivity index (χ1v) is 12.5. The van der Waals surface area contributed by atoms with E-state index >= 15 is 0 Å². The van der Waals surface area contributed by atoms with Crippen molar-refractivity contribution in [2.24, 2.45) is 10.1 Å². The fourth-order valence-electron chi connectivity index (χ4n) is 3.78. The Balaban J connectivity index is 1.28. The molecule has 11 heteroatoms. The Morgan fingerprint density at radius 3 is 2.72 bits per heavy atom. The standard InChI is InChI=1S/C25H22ClN5O4S/c26-19-13-17(6-7-20(19)35-15-16-4-2-1-3-5-16)12-18-23(27)31-25(28-24(18)33)36-21(29-31)14-22(32)30-8-10-34-11-9-30/h1-7,12-13,27H,8-11,14-15H2/b18-12-,27-23?. The Morgan fingerprint density at radius 1 is 1.19 bits per heavy atom. The summed E-state index contributed by atoms with van der Waals surface area (Å²) in [5.41, 5.74) is 1.72. The molecular formula is C25H22ClN5O4S. The Bertz CT molecular complexity index is 1300. The van der Waals surface area contributed by atoms with Gasteiger partial charge in [-0.15, -0.1) is 0 Å². The topological polar surface area (TPSA) is 108 Å². The van der Waals surface area contributed by atoms with E-state index in [1.165, 1.54) is 5.01 Å². The van der Waals surface area contributed by atoms with Gasteiger partial charge >= 0.3 is 0 Å². The molecule has 1 N–H and O–H groups in total. The van der Waals surface area contributed by atoms with Gasteiger partial charge in [-0.3, -0.25) is 15.0 Å². The zero-order chi connectivity index (χ0) is 25.1. The lowest BCUT2D eigenvalue weighted by molar-refractivity contribution is -0.133. The zero-order valence-electron chi connectivity index (χ0n) is 19.1. The first-order chi connectivity index (χ1) is 17.5. The molecule has 1 fully saturated rings. The molecule has 2 aromatic carbocycles. The van der Waals surface area contributed by atoms with Crippen molar-refractivity contribution in [1.29, 1.82) is 5.41 Å². The van der Waals surface area contributed by atoms with Crippen LogP contribution < -0.4 is 4.74 Å². The number of ether oxygens (including phenoxy) is 2. The second kappa shape index (κ2) is 10.7. The van der Waals surface area contributed by atoms with Crippen molar-refractivity contribution in [3.63, 3.8) is 0 Å². The van der Waals surface area contributed by atoms with Gasteiger partial charge in [0.05, 0.1) is 30.2 Å². The lowest BCUT2D eigenvalue weighted by Gasteiger charge is -2.26. The van der Waals surface area contributed by atoms with Crippen LogP contribution in [0.2, 0.25) is 5.02 Å². The van der Waals surface area contributed by atoms with Crippen LogP contribution in [0.1, 0.15) is 17.5 Å². The number of amides is 2. The number of carbonyl (C=O) groups excluding carboxylic acids is 2. The molecule has 0 unspecified atom stereocenters. The van der Waals surface area contributed by atoms with Gasteiger partial charge in [0.25, 0.3) is 5.91 Å². The van der Waals surface area contributed by atoms with Crippen molar-refractivity contribution >= 4 is 57.3 Å². The number of halogens is 1. The van der Waals surface area contributed by atoms with Crippen LogP contribution in [-0.2, 0) is 20.9 Å². The van der Waals surface area contributed by atoms with Crippen LogP contribution in [0.25, 0.3) is 6.08 Å². The molecule has 3 aliphatic rings. The quantitative estimate of drug-likeness (QED) is 0.577. The van der Waals surface area contributed by atoms with Crippen molar-refractivity contribution in [2.75, 3.05) is 26.3 Å². The minimum Gasteiger partial charge on any atom is -0.487 e. The molecule has 2 aromatic rings. The number of hydrazone groups is 1. The number of carbonyl (C=O) groups is 2. The van der Waals surface area contributed by atoms with Gasteiger partial charge in [0, 0.05) is 13.1 Å². The summed E-state index contributed by atoms with van der Waals surface area (Å²) in [5, 5.41) is 15.4. The minimum atomic E-state index is -0.546. The lowest BCUT2D eigenvalue weighted by Crippen LogP contribution is -2.41. The van der Waals surface area contributed by atoms with E-state index in [2.05, 4.69) is 10.1 Å². The molecule has 3 heterocycles. The zero-order valence-corrected chi connectivity index (χ0v) is 20.7. The van der Waals surface area contributed by atoms with Crippen molar-refractivity contribution in [3.8, 4) is 5.75 Å². The second-order valence-corrected chi connectivity index (χ2v) is 9.60. The average Bonchev–Trinajstić information content (AvgIpc) is 3.29. The number of nitrogens with one attached hydrogen (secondary N) is 1. The number of morpholine rings is 1. The Morgan fingerprint density at radius 2 is 1.97 bits per heavy atom. The van der Waals surface area contributed by atoms with E-state index in [0.717, 1.165) is 17.3 Å². The third-order valence-corrected chi connectivity index (χ3v) is 6.87. The normalized spacial score (nSPS) is 18.8. The first-order valence-electron chi connectivity index (χ1n) is 11.3. The van der Waals surface area contributed by atoms with Crippen molar-refractivity contribution in [1.82, 2.24) is 9.91 Å². The summed E-state index contributed by atoms with van der Waals surface area (Å²) in [6, 6.07) is 14.9. The molecule has 0 atom stereocenters. The summed E-state index contributed by atoms with van der Waals surface area (Å²) in [4.78, 5) is 31.1. The summed E-state index contributed by atoms with van der Waals surface area (Å²) in [5.74, 6) is -0.201. The van der Waals surface area contributed by atoms with E-state index in [4.69, 9.17) is 26.5 Å². The molecule has 9 nitrogen and oxygen atoms in total. The monoisotopic (exact) mass is 523 g/mol. The molecule has 36 heavy (non-hydrogen) atoms. The summed E-state index contributed by atoms with van der Waals surface area (Å²) in [6.45, 7) is 2.49. The fourth-order valence-corrected chi connectivity index (χ4v) is 4.90. The Labute approximate surface area is 216 Å². The molecule has 0 saturated carbocycles. The lowest BCUT2D eigenvalue weighted by atomic mass is 10.1. The Hall–Kier alpha value is -3.47. The minimum absolute atomic E-state index is 0.0668. The number of hydrogen-bond donors (Lipinski definition) is 1. The number of aliphatic imine (C=N–C) groups is 1. The highest BCUT2D eigenvalue weighted by molar-refractivity contribution is 8.27. The maximum absolute atomic E-state index is 12.7. The molecule has 0 aliphatic carbocycles. The van der Waals surface area contributed by atoms with Crippen molar-refractivity contribution in [3.05, 3.63) is 70.3 Å². The third-order valence-electron chi connectivity index (χ3n) is 5.67. The van der Waals surface area contributed by atoms with E-state index in [1.54, 1.807) is 29.2 Å². The van der Waals surface area contributed by atoms with E-state index in [1.807, 2.05) is 30.3 Å². The van der Waals surface area contributed by atoms with Crippen molar-refractivity contribution in [2.45, 2.75) is 13.0 Å². The highest BCUT2D eigenvalue weighted by Gasteiger charge is 2.36. The molecule has 1 saturated heterocycles. The molecule has 0 aromatic heterocycles. The van der Waals surface area contributed by atoms with Gasteiger partial charge in [-0.25, -0.2) is 0 Å². The van der Waals surface area contributed by atoms with Crippen LogP contribution in [0.3, 0.4) is 0 Å². The highest BCUT2D eigenvalue weighted by Crippen LogP contribution is 2.31. The Kier molecular flexibility index (Phi) is 7.17. The SMILES string of the molecule is N=C1/C(=C/c2ccc(OCc3ccccc3)c(Cl)c2)C(=O)N=C2SC(CC(=O)N3CCOCC3)=NN12. The number of amidine groups is 2. The van der Waals surface area contributed by atoms with Crippen LogP contribution in [0.15, 0.2) is 64.2 Å². The molecule has 2 amide bonds. The number of fused-ring (bicyclic) bond motifs is 1. The summed E-state index contributed by atoms with van der Waals surface area (Å²) < 4.78 is 11.1. The van der Waals surface area contributed by atoms with Gasteiger partial charge in [-0.2, -0.15) is 15.1 Å². The van der Waals surface area contributed by atoms with E-state index in [-0.39, 0.29) is 28.9 Å². The molecule has 0 radical (unpaired) electrons. The predicted octanol–water partition coefficient (Wildman–Crippen LogP) is 3.79. The maximum atomic E-state index is 12.7. The predicted molar refractivity (Wildman–Crippen MR) is 139 cm³/mol. The van der Waals surface area contributed by atoms with Crippen LogP contribution in [0.4, 0.5) is 0 Å². The molecule has 3 aliphatic heterocycles. The molecular weight excluding hydrogens is 502 g/mol. The van der Waals surface area contributed by atoms with Gasteiger partial charge in [0.15, 0.2) is 5.84 Å². The number of hydrogen-bond acceptors (Lipinski definition) is 7. The highest BCUT2D eigenvalue weighted by atomic mass is 35.5. The first kappa shape index (κ1) is 24.2. The smallest absolute Gasteiger partial charge is 0.283 e. The van der Waals surface area contributed by atoms with Gasteiger partial charge in [0.1, 0.15) is 17.4 Å². The summed E-state index contributed by atoms with van der Waals surface area (Å²) >= 11 is 7.54. The number of thioether (sulfide) groups is 1. The molecule has 184 valence electrons. The summed E-state index contributed by atoms with van der Waals surface area (Å²) in [6.07, 6.45) is 1.63. The number of nitrogens with zero attached hydrogens (tertiary/aromatic N) is 4. The summed E-state index contributed by atoms with van der Waals surface area (Å²) in [7, 11) is 0.